The Bertz CT molecular complexity index is 97.8. The quantitative estimate of drug-likeness (QED) is 0.480. The topological polar surface area (TPSA) is 36.1 Å². The predicted molar refractivity (Wildman–Crippen MR) is 32.4 cm³/mol. The van der Waals surface area contributed by atoms with Crippen molar-refractivity contribution in [3.05, 3.63) is 11.9 Å². The maximum Gasteiger partial charge on any atom is 0.0450 e. The van der Waals surface area contributed by atoms with Crippen LogP contribution < -0.4 is 16.4 Å². The van der Waals surface area contributed by atoms with Crippen molar-refractivity contribution in [2.75, 3.05) is 0 Å². The first kappa shape index (κ1) is 5.44. The van der Waals surface area contributed by atoms with Crippen LogP contribution in [0.15, 0.2) is 11.9 Å². The average Bonchev–Trinajstić information content (AvgIpc) is 2.19. The fraction of sp³-hybridized carbons (Fsp3) is 0.600. The lowest BCUT2D eigenvalue weighted by molar-refractivity contribution is 0.587. The first-order chi connectivity index (χ1) is 3.93. The second-order valence-corrected chi connectivity index (χ2v) is 1.81. The normalized spacial score (nSPS) is 16.9. The minimum absolute atomic E-state index is 1.11. The van der Waals surface area contributed by atoms with E-state index in [1.54, 1.807) is 0 Å². The van der Waals surface area contributed by atoms with Gasteiger partial charge in [0.15, 0.2) is 0 Å². The molecule has 1 rings (SSSR count). The number of hydrazine groups is 2. The van der Waals surface area contributed by atoms with Crippen LogP contribution in [-0.2, 0) is 0 Å². The number of hydrogen-bond acceptors (Lipinski definition) is 3. The van der Waals surface area contributed by atoms with Crippen molar-refractivity contribution < 1.29 is 0 Å². The van der Waals surface area contributed by atoms with Gasteiger partial charge in [0, 0.05) is 11.9 Å². The highest BCUT2D eigenvalue weighted by molar-refractivity contribution is 4.99. The minimum Gasteiger partial charge on any atom is -0.310 e. The van der Waals surface area contributed by atoms with Gasteiger partial charge in [0.05, 0.1) is 0 Å². The first-order valence-corrected chi connectivity index (χ1v) is 2.89. The smallest absolute Gasteiger partial charge is 0.0450 e. The molecule has 0 bridgehead atoms. The monoisotopic (exact) mass is 113 g/mol. The van der Waals surface area contributed by atoms with E-state index in [2.05, 4.69) is 23.3 Å². The molecule has 1 aliphatic rings. The molecule has 0 fully saturated rings. The van der Waals surface area contributed by atoms with E-state index in [4.69, 9.17) is 0 Å². The van der Waals surface area contributed by atoms with Crippen LogP contribution in [0, 0.1) is 0 Å². The van der Waals surface area contributed by atoms with Gasteiger partial charge in [-0.3, -0.25) is 0 Å². The van der Waals surface area contributed by atoms with Gasteiger partial charge in [-0.05, 0) is 6.42 Å². The van der Waals surface area contributed by atoms with Crippen LogP contribution in [0.2, 0.25) is 0 Å². The Labute approximate surface area is 49.1 Å². The Morgan fingerprint density at radius 1 is 1.62 bits per heavy atom. The van der Waals surface area contributed by atoms with Crippen molar-refractivity contribution in [3.8, 4) is 0 Å². The predicted octanol–water partition coefficient (Wildman–Crippen LogP) is 0.240. The van der Waals surface area contributed by atoms with E-state index in [0.29, 0.717) is 0 Å². The summed E-state index contributed by atoms with van der Waals surface area (Å²) in [6, 6.07) is 0. The Kier molecular flexibility index (Phi) is 1.75. The summed E-state index contributed by atoms with van der Waals surface area (Å²) in [5.74, 6) is 0. The molecule has 0 unspecified atom stereocenters. The molecule has 0 aliphatic carbocycles. The molecule has 46 valence electrons. The molecule has 1 aliphatic heterocycles. The van der Waals surface area contributed by atoms with E-state index in [9.17, 15) is 0 Å². The van der Waals surface area contributed by atoms with Gasteiger partial charge in [-0.25, -0.2) is 0 Å². The van der Waals surface area contributed by atoms with Crippen LogP contribution in [0.3, 0.4) is 0 Å². The molecule has 0 atom stereocenters. The van der Waals surface area contributed by atoms with E-state index in [0.717, 1.165) is 6.42 Å². The average molecular weight is 113 g/mol. The summed E-state index contributed by atoms with van der Waals surface area (Å²) in [6.07, 6.45) is 4.23. The van der Waals surface area contributed by atoms with Gasteiger partial charge >= 0.3 is 0 Å². The van der Waals surface area contributed by atoms with Gasteiger partial charge in [0.25, 0.3) is 0 Å². The summed E-state index contributed by atoms with van der Waals surface area (Å²) in [7, 11) is 0. The van der Waals surface area contributed by atoms with Gasteiger partial charge in [-0.1, -0.05) is 13.3 Å². The summed E-state index contributed by atoms with van der Waals surface area (Å²) in [6.45, 7) is 2.15. The van der Waals surface area contributed by atoms with Crippen molar-refractivity contribution in [1.82, 2.24) is 16.4 Å². The van der Waals surface area contributed by atoms with Gasteiger partial charge in [0.2, 0.25) is 0 Å². The third-order valence-electron chi connectivity index (χ3n) is 1.06. The first-order valence-electron chi connectivity index (χ1n) is 2.89. The van der Waals surface area contributed by atoms with E-state index in [-0.39, 0.29) is 0 Å². The number of rotatable bonds is 2. The van der Waals surface area contributed by atoms with Crippen molar-refractivity contribution in [3.63, 3.8) is 0 Å². The molecule has 0 saturated heterocycles. The van der Waals surface area contributed by atoms with Gasteiger partial charge in [0.1, 0.15) is 0 Å². The molecule has 3 heteroatoms. The molecular formula is C5H11N3. The molecule has 0 saturated carbocycles. The molecule has 0 amide bonds. The van der Waals surface area contributed by atoms with Crippen molar-refractivity contribution in [2.24, 2.45) is 0 Å². The van der Waals surface area contributed by atoms with Crippen molar-refractivity contribution in [2.45, 2.75) is 19.8 Å². The maximum absolute atomic E-state index is 2.96. The van der Waals surface area contributed by atoms with E-state index >= 15 is 0 Å². The molecule has 0 aromatic heterocycles. The molecule has 0 radical (unpaired) electrons. The SMILES string of the molecule is CCCC1=CNNN1. The number of nitrogens with one attached hydrogen (secondary N) is 3. The standard InChI is InChI=1S/C5H11N3/c1-2-3-5-4-6-8-7-5/h4,6-8H,2-3H2,1H3. The Hall–Kier alpha value is -0.700. The molecule has 0 aromatic rings. The maximum atomic E-state index is 2.96. The summed E-state index contributed by atoms with van der Waals surface area (Å²) >= 11 is 0. The van der Waals surface area contributed by atoms with Crippen LogP contribution >= 0.6 is 0 Å². The van der Waals surface area contributed by atoms with Gasteiger partial charge in [-0.2, -0.15) is 5.53 Å². The lowest BCUT2D eigenvalue weighted by Gasteiger charge is -1.97. The molecule has 0 spiro atoms. The summed E-state index contributed by atoms with van der Waals surface area (Å²) < 4.78 is 0. The molecule has 8 heavy (non-hydrogen) atoms. The van der Waals surface area contributed by atoms with Crippen LogP contribution in [0.4, 0.5) is 0 Å². The summed E-state index contributed by atoms with van der Waals surface area (Å²) in [5.41, 5.74) is 9.79. The largest absolute Gasteiger partial charge is 0.310 e. The molecule has 3 N–H and O–H groups in total. The highest BCUT2D eigenvalue weighted by atomic mass is 15.6. The van der Waals surface area contributed by atoms with Gasteiger partial charge in [-0.15, -0.1) is 0 Å². The fourth-order valence-electron chi connectivity index (χ4n) is 0.680. The van der Waals surface area contributed by atoms with Gasteiger partial charge < -0.3 is 10.9 Å². The highest BCUT2D eigenvalue weighted by Crippen LogP contribution is 1.98. The minimum atomic E-state index is 1.11. The molecular weight excluding hydrogens is 102 g/mol. The zero-order valence-corrected chi connectivity index (χ0v) is 4.99. The van der Waals surface area contributed by atoms with Crippen molar-refractivity contribution in [1.29, 1.82) is 0 Å². The lowest BCUT2D eigenvalue weighted by Crippen LogP contribution is -2.31. The van der Waals surface area contributed by atoms with E-state index < -0.39 is 0 Å². The second-order valence-electron chi connectivity index (χ2n) is 1.81. The van der Waals surface area contributed by atoms with E-state index in [1.165, 1.54) is 12.1 Å². The number of hydrogen-bond donors (Lipinski definition) is 3. The fourth-order valence-corrected chi connectivity index (χ4v) is 0.680. The van der Waals surface area contributed by atoms with Crippen LogP contribution in [-0.4, -0.2) is 0 Å². The van der Waals surface area contributed by atoms with E-state index in [1.807, 2.05) is 6.20 Å². The molecule has 1 heterocycles. The Morgan fingerprint density at radius 2 is 2.50 bits per heavy atom. The zero-order valence-electron chi connectivity index (χ0n) is 4.99. The van der Waals surface area contributed by atoms with Crippen LogP contribution in [0.1, 0.15) is 19.8 Å². The Morgan fingerprint density at radius 3 is 3.00 bits per heavy atom. The number of allylic oxidation sites excluding steroid dienone is 1. The molecule has 3 nitrogen and oxygen atoms in total. The molecule has 0 aromatic carbocycles. The van der Waals surface area contributed by atoms with Crippen LogP contribution in [0.25, 0.3) is 0 Å². The lowest BCUT2D eigenvalue weighted by atomic mass is 10.3. The summed E-state index contributed by atoms with van der Waals surface area (Å²) in [4.78, 5) is 0. The third kappa shape index (κ3) is 1.13. The zero-order chi connectivity index (χ0) is 5.82. The second kappa shape index (κ2) is 2.57. The van der Waals surface area contributed by atoms with Crippen molar-refractivity contribution >= 4 is 0 Å². The van der Waals surface area contributed by atoms with Crippen LogP contribution in [0.5, 0.6) is 0 Å². The third-order valence-corrected chi connectivity index (χ3v) is 1.06. The summed E-state index contributed by atoms with van der Waals surface area (Å²) in [5, 5.41) is 0. The highest BCUT2D eigenvalue weighted by Gasteiger charge is 1.97. The Balaban J connectivity index is 2.23.